The molecule has 28 heavy (non-hydrogen) atoms. The molecule has 0 aromatic heterocycles. The van der Waals surface area contributed by atoms with Crippen LogP contribution in [0.15, 0.2) is 35.6 Å². The Hall–Kier alpha value is -2.30. The SMILES string of the molecule is CC1(C)CC(=O)C2(OC3=C(C(=O)CC(C)(C)C3)C2c2ccc(F)cc2)C(=O)C1. The summed E-state index contributed by atoms with van der Waals surface area (Å²) in [5, 5.41) is 0. The number of Topliss-reactive ketones (excluding diaryl/α,β-unsaturated/α-hetero) is 3. The minimum absolute atomic E-state index is 0.0946. The van der Waals surface area contributed by atoms with Gasteiger partial charge in [-0.05, 0) is 28.5 Å². The fraction of sp³-hybridized carbons (Fsp3) is 0.522. The number of benzene rings is 1. The standard InChI is InChI=1S/C23H25FO4/c1-21(2)9-15(25)19-16(10-21)28-23(17(26)11-22(3,4)12-18(23)27)20(19)13-5-7-14(24)8-6-13/h5-8,20H,9-12H2,1-4H3. The molecule has 1 fully saturated rings. The van der Waals surface area contributed by atoms with Crippen molar-refractivity contribution in [1.82, 2.24) is 0 Å². The van der Waals surface area contributed by atoms with Gasteiger partial charge in [-0.2, -0.15) is 0 Å². The third kappa shape index (κ3) is 2.75. The summed E-state index contributed by atoms with van der Waals surface area (Å²) < 4.78 is 19.7. The Morgan fingerprint density at radius 1 is 0.857 bits per heavy atom. The Labute approximate surface area is 164 Å². The van der Waals surface area contributed by atoms with E-state index in [1.54, 1.807) is 12.1 Å². The van der Waals surface area contributed by atoms with E-state index in [0.717, 1.165) is 0 Å². The zero-order chi connectivity index (χ0) is 20.5. The molecule has 148 valence electrons. The quantitative estimate of drug-likeness (QED) is 0.678. The molecule has 0 N–H and O–H groups in total. The molecule has 1 aliphatic heterocycles. The van der Waals surface area contributed by atoms with E-state index >= 15 is 0 Å². The van der Waals surface area contributed by atoms with Crippen molar-refractivity contribution in [3.8, 4) is 0 Å². The van der Waals surface area contributed by atoms with Crippen molar-refractivity contribution in [1.29, 1.82) is 0 Å². The van der Waals surface area contributed by atoms with Gasteiger partial charge in [-0.3, -0.25) is 14.4 Å². The van der Waals surface area contributed by atoms with Gasteiger partial charge in [-0.15, -0.1) is 0 Å². The van der Waals surface area contributed by atoms with Crippen LogP contribution in [0.5, 0.6) is 0 Å². The van der Waals surface area contributed by atoms with Crippen LogP contribution < -0.4 is 0 Å². The van der Waals surface area contributed by atoms with Crippen molar-refractivity contribution in [2.45, 2.75) is 64.9 Å². The number of rotatable bonds is 1. The van der Waals surface area contributed by atoms with Gasteiger partial charge in [0, 0.05) is 31.3 Å². The van der Waals surface area contributed by atoms with Gasteiger partial charge in [-0.1, -0.05) is 39.8 Å². The minimum Gasteiger partial charge on any atom is -0.474 e. The van der Waals surface area contributed by atoms with Gasteiger partial charge in [0.15, 0.2) is 17.3 Å². The van der Waals surface area contributed by atoms with E-state index in [-0.39, 0.29) is 35.6 Å². The number of hydrogen-bond acceptors (Lipinski definition) is 4. The number of ketones is 3. The summed E-state index contributed by atoms with van der Waals surface area (Å²) in [4.78, 5) is 39.8. The number of allylic oxidation sites excluding steroid dienone is 1. The molecule has 4 rings (SSSR count). The normalized spacial score (nSPS) is 27.8. The smallest absolute Gasteiger partial charge is 0.234 e. The summed E-state index contributed by atoms with van der Waals surface area (Å²) in [5.74, 6) is -1.43. The first-order valence-electron chi connectivity index (χ1n) is 9.73. The number of carbonyl (C=O) groups is 3. The second-order valence-electron chi connectivity index (χ2n) is 9.96. The van der Waals surface area contributed by atoms with Gasteiger partial charge < -0.3 is 4.74 Å². The van der Waals surface area contributed by atoms with Gasteiger partial charge >= 0.3 is 0 Å². The fourth-order valence-corrected chi connectivity index (χ4v) is 4.99. The van der Waals surface area contributed by atoms with Gasteiger partial charge in [-0.25, -0.2) is 4.39 Å². The topological polar surface area (TPSA) is 60.4 Å². The molecule has 1 unspecified atom stereocenters. The van der Waals surface area contributed by atoms with Crippen molar-refractivity contribution in [3.05, 3.63) is 47.0 Å². The Balaban J connectivity index is 1.90. The number of carbonyl (C=O) groups excluding carboxylic acids is 3. The second kappa shape index (κ2) is 5.85. The molecular formula is C23H25FO4. The molecule has 0 amide bonds. The van der Waals surface area contributed by atoms with Crippen LogP contribution in [0.1, 0.15) is 64.9 Å². The van der Waals surface area contributed by atoms with Gasteiger partial charge in [0.1, 0.15) is 11.6 Å². The van der Waals surface area contributed by atoms with E-state index in [1.165, 1.54) is 12.1 Å². The number of ether oxygens (including phenoxy) is 1. The highest BCUT2D eigenvalue weighted by molar-refractivity contribution is 6.17. The first kappa shape index (κ1) is 19.0. The van der Waals surface area contributed by atoms with Crippen molar-refractivity contribution in [2.75, 3.05) is 0 Å². The van der Waals surface area contributed by atoms with Crippen LogP contribution >= 0.6 is 0 Å². The van der Waals surface area contributed by atoms with Crippen LogP contribution in [0.25, 0.3) is 0 Å². The van der Waals surface area contributed by atoms with E-state index in [4.69, 9.17) is 4.74 Å². The third-order valence-corrected chi connectivity index (χ3v) is 6.17. The van der Waals surface area contributed by atoms with E-state index in [9.17, 15) is 18.8 Å². The third-order valence-electron chi connectivity index (χ3n) is 6.17. The van der Waals surface area contributed by atoms with E-state index < -0.39 is 22.8 Å². The lowest BCUT2D eigenvalue weighted by molar-refractivity contribution is -0.160. The van der Waals surface area contributed by atoms with Crippen molar-refractivity contribution >= 4 is 17.3 Å². The Kier molecular flexibility index (Phi) is 3.98. The monoisotopic (exact) mass is 384 g/mol. The molecule has 1 aromatic carbocycles. The summed E-state index contributed by atoms with van der Waals surface area (Å²) >= 11 is 0. The van der Waals surface area contributed by atoms with Crippen molar-refractivity contribution in [2.24, 2.45) is 10.8 Å². The Bertz CT molecular complexity index is 900. The molecule has 5 heteroatoms. The van der Waals surface area contributed by atoms with Crippen molar-refractivity contribution < 1.29 is 23.5 Å². The van der Waals surface area contributed by atoms with E-state index in [0.29, 0.717) is 29.7 Å². The number of halogens is 1. The molecule has 1 aromatic rings. The van der Waals surface area contributed by atoms with Crippen LogP contribution in [0.3, 0.4) is 0 Å². The molecule has 2 aliphatic carbocycles. The first-order chi connectivity index (χ1) is 13.0. The first-order valence-corrected chi connectivity index (χ1v) is 9.73. The highest BCUT2D eigenvalue weighted by Gasteiger charge is 2.65. The Morgan fingerprint density at radius 2 is 1.39 bits per heavy atom. The predicted octanol–water partition coefficient (Wildman–Crippen LogP) is 4.28. The maximum absolute atomic E-state index is 13.5. The molecule has 3 aliphatic rings. The van der Waals surface area contributed by atoms with Crippen LogP contribution in [0.2, 0.25) is 0 Å². The molecule has 1 spiro atoms. The van der Waals surface area contributed by atoms with Gasteiger partial charge in [0.05, 0.1) is 5.92 Å². The molecule has 0 radical (unpaired) electrons. The minimum atomic E-state index is -1.70. The number of hydrogen-bond donors (Lipinski definition) is 0. The highest BCUT2D eigenvalue weighted by Crippen LogP contribution is 2.57. The molecule has 1 saturated carbocycles. The van der Waals surface area contributed by atoms with Crippen LogP contribution in [-0.2, 0) is 19.1 Å². The predicted molar refractivity (Wildman–Crippen MR) is 101 cm³/mol. The zero-order valence-corrected chi connectivity index (χ0v) is 16.7. The molecule has 0 saturated heterocycles. The Morgan fingerprint density at radius 3 is 1.96 bits per heavy atom. The largest absolute Gasteiger partial charge is 0.474 e. The molecular weight excluding hydrogens is 359 g/mol. The van der Waals surface area contributed by atoms with Crippen LogP contribution in [-0.4, -0.2) is 23.0 Å². The van der Waals surface area contributed by atoms with Gasteiger partial charge in [0.2, 0.25) is 5.60 Å². The fourth-order valence-electron chi connectivity index (χ4n) is 4.99. The molecule has 1 heterocycles. The maximum atomic E-state index is 13.5. The van der Waals surface area contributed by atoms with Crippen molar-refractivity contribution in [3.63, 3.8) is 0 Å². The zero-order valence-electron chi connectivity index (χ0n) is 16.7. The lowest BCUT2D eigenvalue weighted by atomic mass is 9.61. The summed E-state index contributed by atoms with van der Waals surface area (Å²) in [5.41, 5.74) is -1.45. The second-order valence-corrected chi connectivity index (χ2v) is 9.96. The lowest BCUT2D eigenvalue weighted by Crippen LogP contribution is -2.57. The maximum Gasteiger partial charge on any atom is 0.234 e. The summed E-state index contributed by atoms with van der Waals surface area (Å²) in [6.45, 7) is 7.73. The van der Waals surface area contributed by atoms with Crippen LogP contribution in [0.4, 0.5) is 4.39 Å². The lowest BCUT2D eigenvalue weighted by Gasteiger charge is -2.41. The van der Waals surface area contributed by atoms with Gasteiger partial charge in [0.25, 0.3) is 0 Å². The average Bonchev–Trinajstić information content (AvgIpc) is 2.88. The molecule has 0 bridgehead atoms. The van der Waals surface area contributed by atoms with E-state index in [2.05, 4.69) is 0 Å². The summed E-state index contributed by atoms with van der Waals surface area (Å²) in [6, 6.07) is 5.68. The summed E-state index contributed by atoms with van der Waals surface area (Å²) in [7, 11) is 0. The average molecular weight is 384 g/mol. The van der Waals surface area contributed by atoms with Crippen LogP contribution in [0, 0.1) is 16.6 Å². The molecule has 1 atom stereocenters. The summed E-state index contributed by atoms with van der Waals surface area (Å²) in [6.07, 6.45) is 1.23. The molecule has 4 nitrogen and oxygen atoms in total. The highest BCUT2D eigenvalue weighted by atomic mass is 19.1. The van der Waals surface area contributed by atoms with E-state index in [1.807, 2.05) is 27.7 Å².